The maximum Gasteiger partial charge on any atom is 0.251 e. The van der Waals surface area contributed by atoms with Crippen molar-refractivity contribution in [3.63, 3.8) is 0 Å². The van der Waals surface area contributed by atoms with Crippen molar-refractivity contribution in [2.45, 2.75) is 65.3 Å². The van der Waals surface area contributed by atoms with Crippen LogP contribution in [0.4, 0.5) is 5.13 Å². The Hall–Kier alpha value is -2.28. The predicted molar refractivity (Wildman–Crippen MR) is 109 cm³/mol. The Balaban J connectivity index is 1.91. The van der Waals surface area contributed by atoms with Gasteiger partial charge in [-0.05, 0) is 36.5 Å². The monoisotopic (exact) mass is 388 g/mol. The fraction of sp³-hybridized carbons (Fsp3) is 0.500. The van der Waals surface area contributed by atoms with E-state index in [1.807, 2.05) is 12.1 Å². The third kappa shape index (κ3) is 6.13. The van der Waals surface area contributed by atoms with E-state index in [1.54, 1.807) is 19.1 Å². The maximum atomic E-state index is 12.4. The standard InChI is InChI=1S/C20H28N4O2S/c1-6-7-8-16-23-24-19(27-16)22-17(25)13(2)21-18(26)14-9-11-15(12-10-14)20(3,4)5/h9-13H,6-8H2,1-5H3,(H,21,26)(H,22,24,25). The summed E-state index contributed by atoms with van der Waals surface area (Å²) >= 11 is 1.37. The summed E-state index contributed by atoms with van der Waals surface area (Å²) in [6.07, 6.45) is 2.99. The zero-order valence-electron chi connectivity index (χ0n) is 16.6. The molecule has 0 saturated carbocycles. The zero-order valence-corrected chi connectivity index (χ0v) is 17.4. The number of unbranched alkanes of at least 4 members (excludes halogenated alkanes) is 1. The molecule has 2 N–H and O–H groups in total. The van der Waals surface area contributed by atoms with Crippen LogP contribution in [0.2, 0.25) is 0 Å². The number of aromatic nitrogens is 2. The van der Waals surface area contributed by atoms with Crippen molar-refractivity contribution in [2.24, 2.45) is 0 Å². The summed E-state index contributed by atoms with van der Waals surface area (Å²) in [5.74, 6) is -0.591. The SMILES string of the molecule is CCCCc1nnc(NC(=O)C(C)NC(=O)c2ccc(C(C)(C)C)cc2)s1. The lowest BCUT2D eigenvalue weighted by atomic mass is 9.86. The summed E-state index contributed by atoms with van der Waals surface area (Å²) in [5, 5.41) is 14.9. The van der Waals surface area contributed by atoms with Gasteiger partial charge in [-0.15, -0.1) is 10.2 Å². The number of hydrogen-bond donors (Lipinski definition) is 2. The highest BCUT2D eigenvalue weighted by Crippen LogP contribution is 2.22. The summed E-state index contributed by atoms with van der Waals surface area (Å²) < 4.78 is 0. The first-order chi connectivity index (χ1) is 12.7. The van der Waals surface area contributed by atoms with E-state index in [9.17, 15) is 9.59 Å². The highest BCUT2D eigenvalue weighted by atomic mass is 32.1. The van der Waals surface area contributed by atoms with Crippen molar-refractivity contribution in [2.75, 3.05) is 5.32 Å². The lowest BCUT2D eigenvalue weighted by molar-refractivity contribution is -0.117. The molecule has 7 heteroatoms. The van der Waals surface area contributed by atoms with E-state index in [1.165, 1.54) is 11.3 Å². The van der Waals surface area contributed by atoms with Gasteiger partial charge in [-0.25, -0.2) is 0 Å². The number of carbonyl (C=O) groups is 2. The second kappa shape index (κ2) is 9.08. The van der Waals surface area contributed by atoms with Gasteiger partial charge < -0.3 is 5.32 Å². The molecule has 0 bridgehead atoms. The molecule has 27 heavy (non-hydrogen) atoms. The Morgan fingerprint density at radius 1 is 1.15 bits per heavy atom. The average molecular weight is 389 g/mol. The second-order valence-corrected chi connectivity index (χ2v) is 8.68. The van der Waals surface area contributed by atoms with Gasteiger partial charge >= 0.3 is 0 Å². The smallest absolute Gasteiger partial charge is 0.251 e. The number of rotatable bonds is 7. The zero-order chi connectivity index (χ0) is 20.0. The molecular formula is C20H28N4O2S. The summed E-state index contributed by atoms with van der Waals surface area (Å²) in [7, 11) is 0. The molecule has 1 heterocycles. The quantitative estimate of drug-likeness (QED) is 0.752. The van der Waals surface area contributed by atoms with Gasteiger partial charge in [-0.3, -0.25) is 14.9 Å². The van der Waals surface area contributed by atoms with Crippen LogP contribution in [0.1, 0.15) is 68.4 Å². The first kappa shape index (κ1) is 21.0. The van der Waals surface area contributed by atoms with Crippen molar-refractivity contribution in [3.8, 4) is 0 Å². The van der Waals surface area contributed by atoms with Gasteiger partial charge in [-0.1, -0.05) is 57.6 Å². The fourth-order valence-corrected chi connectivity index (χ4v) is 3.20. The molecular weight excluding hydrogens is 360 g/mol. The third-order valence-electron chi connectivity index (χ3n) is 4.20. The van der Waals surface area contributed by atoms with Crippen LogP contribution < -0.4 is 10.6 Å². The van der Waals surface area contributed by atoms with E-state index < -0.39 is 6.04 Å². The highest BCUT2D eigenvalue weighted by molar-refractivity contribution is 7.15. The number of anilines is 1. The molecule has 2 rings (SSSR count). The number of nitrogens with zero attached hydrogens (tertiary/aromatic N) is 2. The molecule has 0 fully saturated rings. The predicted octanol–water partition coefficient (Wildman–Crippen LogP) is 3.94. The maximum absolute atomic E-state index is 12.4. The highest BCUT2D eigenvalue weighted by Gasteiger charge is 2.19. The molecule has 1 aromatic heterocycles. The van der Waals surface area contributed by atoms with Crippen LogP contribution in [0.5, 0.6) is 0 Å². The van der Waals surface area contributed by atoms with E-state index >= 15 is 0 Å². The van der Waals surface area contributed by atoms with Crippen molar-refractivity contribution >= 4 is 28.3 Å². The van der Waals surface area contributed by atoms with Gasteiger partial charge in [0.1, 0.15) is 11.0 Å². The summed E-state index contributed by atoms with van der Waals surface area (Å²) in [4.78, 5) is 24.7. The van der Waals surface area contributed by atoms with Crippen molar-refractivity contribution in [1.82, 2.24) is 15.5 Å². The first-order valence-electron chi connectivity index (χ1n) is 9.25. The molecule has 1 atom stereocenters. The fourth-order valence-electron chi connectivity index (χ4n) is 2.41. The Morgan fingerprint density at radius 3 is 2.41 bits per heavy atom. The van der Waals surface area contributed by atoms with Gasteiger partial charge in [0.25, 0.3) is 5.91 Å². The molecule has 0 saturated heterocycles. The van der Waals surface area contributed by atoms with Crippen LogP contribution in [0.15, 0.2) is 24.3 Å². The molecule has 0 aliphatic heterocycles. The van der Waals surface area contributed by atoms with E-state index in [4.69, 9.17) is 0 Å². The van der Waals surface area contributed by atoms with Gasteiger partial charge in [0.2, 0.25) is 11.0 Å². The summed E-state index contributed by atoms with van der Waals surface area (Å²) in [5.41, 5.74) is 1.71. The Labute approximate surface area is 164 Å². The van der Waals surface area contributed by atoms with Crippen LogP contribution in [0.25, 0.3) is 0 Å². The summed E-state index contributed by atoms with van der Waals surface area (Å²) in [6, 6.07) is 6.77. The molecule has 1 aromatic carbocycles. The number of benzene rings is 1. The molecule has 2 aromatic rings. The van der Waals surface area contributed by atoms with Crippen molar-refractivity contribution in [1.29, 1.82) is 0 Å². The number of hydrogen-bond acceptors (Lipinski definition) is 5. The lowest BCUT2D eigenvalue weighted by Crippen LogP contribution is -2.41. The van der Waals surface area contributed by atoms with Crippen LogP contribution >= 0.6 is 11.3 Å². The van der Waals surface area contributed by atoms with Crippen LogP contribution in [-0.4, -0.2) is 28.1 Å². The Bertz CT molecular complexity index is 778. The van der Waals surface area contributed by atoms with E-state index in [-0.39, 0.29) is 17.2 Å². The van der Waals surface area contributed by atoms with Gasteiger partial charge in [-0.2, -0.15) is 0 Å². The minimum atomic E-state index is -0.678. The Morgan fingerprint density at radius 2 is 1.81 bits per heavy atom. The first-order valence-corrected chi connectivity index (χ1v) is 10.1. The molecule has 2 amide bonds. The van der Waals surface area contributed by atoms with Gasteiger partial charge in [0.05, 0.1) is 0 Å². The molecule has 0 spiro atoms. The molecule has 0 aliphatic rings. The molecule has 1 unspecified atom stereocenters. The number of aryl methyl sites for hydroxylation is 1. The molecule has 0 radical (unpaired) electrons. The summed E-state index contributed by atoms with van der Waals surface area (Å²) in [6.45, 7) is 10.1. The van der Waals surface area contributed by atoms with Crippen LogP contribution in [0.3, 0.4) is 0 Å². The number of nitrogens with one attached hydrogen (secondary N) is 2. The molecule has 0 aliphatic carbocycles. The van der Waals surface area contributed by atoms with E-state index in [0.717, 1.165) is 29.8 Å². The number of amides is 2. The third-order valence-corrected chi connectivity index (χ3v) is 5.09. The lowest BCUT2D eigenvalue weighted by Gasteiger charge is -2.19. The normalized spacial score (nSPS) is 12.5. The molecule has 146 valence electrons. The van der Waals surface area contributed by atoms with Gasteiger partial charge in [0, 0.05) is 12.0 Å². The van der Waals surface area contributed by atoms with Crippen molar-refractivity contribution in [3.05, 3.63) is 40.4 Å². The average Bonchev–Trinajstić information content (AvgIpc) is 3.06. The van der Waals surface area contributed by atoms with Crippen molar-refractivity contribution < 1.29 is 9.59 Å². The molecule has 6 nitrogen and oxygen atoms in total. The van der Waals surface area contributed by atoms with E-state index in [2.05, 4.69) is 48.5 Å². The largest absolute Gasteiger partial charge is 0.341 e. The van der Waals surface area contributed by atoms with Gasteiger partial charge in [0.15, 0.2) is 0 Å². The van der Waals surface area contributed by atoms with Crippen LogP contribution in [0, 0.1) is 0 Å². The second-order valence-electron chi connectivity index (χ2n) is 7.62. The number of carbonyl (C=O) groups excluding carboxylic acids is 2. The minimum absolute atomic E-state index is 0.0277. The van der Waals surface area contributed by atoms with E-state index in [0.29, 0.717) is 10.7 Å². The Kier molecular flexibility index (Phi) is 7.07. The van der Waals surface area contributed by atoms with Crippen LogP contribution in [-0.2, 0) is 16.6 Å². The minimum Gasteiger partial charge on any atom is -0.341 e. The topological polar surface area (TPSA) is 84.0 Å².